The van der Waals surface area contributed by atoms with E-state index in [1.807, 2.05) is 24.3 Å². The van der Waals surface area contributed by atoms with Crippen LogP contribution in [0.3, 0.4) is 0 Å². The van der Waals surface area contributed by atoms with E-state index in [0.717, 1.165) is 66.5 Å². The Morgan fingerprint density at radius 1 is 1.02 bits per heavy atom. The van der Waals surface area contributed by atoms with Crippen LogP contribution in [0.2, 0.25) is 0 Å². The normalized spacial score (nSPS) is 31.8. The number of rotatable bonds is 6. The highest BCUT2D eigenvalue weighted by Crippen LogP contribution is 2.48. The Bertz CT molecular complexity index is 1820. The zero-order valence-electron chi connectivity index (χ0n) is 31.0. The number of nitrogens with two attached hydrogens (primary N) is 1. The number of aliphatic hydroxyl groups is 4. The van der Waals surface area contributed by atoms with Crippen molar-refractivity contribution in [2.24, 2.45) is 23.7 Å². The first-order valence-electron chi connectivity index (χ1n) is 19.7. The molecule has 0 saturated carbocycles. The van der Waals surface area contributed by atoms with Crippen LogP contribution in [0.5, 0.6) is 11.5 Å². The molecule has 1 aliphatic heterocycles. The van der Waals surface area contributed by atoms with Crippen molar-refractivity contribution >= 4 is 27.4 Å². The summed E-state index contributed by atoms with van der Waals surface area (Å²) in [5.74, 6) is 7.81. The van der Waals surface area contributed by atoms with Gasteiger partial charge in [0.25, 0.3) is 0 Å². The number of hydrogen-bond donors (Lipinski definition) is 6. The molecule has 9 nitrogen and oxygen atoms in total. The van der Waals surface area contributed by atoms with Gasteiger partial charge in [0, 0.05) is 59.5 Å². The summed E-state index contributed by atoms with van der Waals surface area (Å²) >= 11 is 0. The number of fused-ring (bicyclic) bond motifs is 5. The van der Waals surface area contributed by atoms with Crippen LogP contribution < -0.4 is 15.5 Å². The third-order valence-electron chi connectivity index (χ3n) is 12.2. The number of nitrogen functional groups attached to an aromatic ring is 1. The summed E-state index contributed by atoms with van der Waals surface area (Å²) in [6, 6.07) is 9.56. The van der Waals surface area contributed by atoms with Crippen LogP contribution in [-0.4, -0.2) is 67.3 Å². The van der Waals surface area contributed by atoms with Crippen molar-refractivity contribution < 1.29 is 30.3 Å². The molecule has 2 aromatic heterocycles. The van der Waals surface area contributed by atoms with Crippen LogP contribution in [0.1, 0.15) is 98.1 Å². The zero-order chi connectivity index (χ0) is 37.8. The number of aromatic nitrogens is 2. The number of nitrogens with zero attached hydrogens (tertiary/aromatic N) is 2. The number of benzene rings is 1. The molecule has 0 saturated heterocycles. The lowest BCUT2D eigenvalue weighted by atomic mass is 9.76. The lowest BCUT2D eigenvalue weighted by Gasteiger charge is -2.34. The Morgan fingerprint density at radius 2 is 1.87 bits per heavy atom. The third-order valence-corrected chi connectivity index (χ3v) is 14.6. The maximum absolute atomic E-state index is 12.0. The van der Waals surface area contributed by atoms with Crippen LogP contribution in [0, 0.1) is 35.5 Å². The second kappa shape index (κ2) is 17.8. The molecule has 0 radical (unpaired) electrons. The van der Waals surface area contributed by atoms with Crippen LogP contribution in [0.4, 0.5) is 5.82 Å². The molecule has 1 aromatic carbocycles. The van der Waals surface area contributed by atoms with E-state index in [0.29, 0.717) is 48.9 Å². The Labute approximate surface area is 327 Å². The summed E-state index contributed by atoms with van der Waals surface area (Å²) < 4.78 is 6.76. The molecule has 3 heterocycles. The third kappa shape index (κ3) is 8.64. The van der Waals surface area contributed by atoms with E-state index < -0.39 is 30.3 Å². The molecule has 0 spiro atoms. The molecule has 54 heavy (non-hydrogen) atoms. The Morgan fingerprint density at radius 3 is 2.67 bits per heavy atom. The Balaban J connectivity index is 1.25. The van der Waals surface area contributed by atoms with Crippen molar-refractivity contribution in [3.63, 3.8) is 0 Å². The summed E-state index contributed by atoms with van der Waals surface area (Å²) in [7, 11) is 3.20. The minimum atomic E-state index is -1.04. The average Bonchev–Trinajstić information content (AvgIpc) is 3.62. The van der Waals surface area contributed by atoms with Crippen molar-refractivity contribution in [2.45, 2.75) is 113 Å². The molecule has 7 rings (SSSR count). The fourth-order valence-electron chi connectivity index (χ4n) is 9.13. The largest absolute Gasteiger partial charge is 0.668 e. The van der Waals surface area contributed by atoms with Gasteiger partial charge in [0.15, 0.2) is 11.5 Å². The van der Waals surface area contributed by atoms with Gasteiger partial charge in [-0.2, -0.15) is 11.9 Å². The monoisotopic (exact) mass is 772 g/mol. The van der Waals surface area contributed by atoms with Gasteiger partial charge >= 0.3 is 0 Å². The molecule has 290 valence electrons. The number of phenols is 1. The number of ether oxygens (including phenoxy) is 1. The summed E-state index contributed by atoms with van der Waals surface area (Å²) in [5.41, 5.74) is 12.5. The van der Waals surface area contributed by atoms with Crippen LogP contribution >= 0.6 is 21.6 Å². The molecule has 10 unspecified atom stereocenters. The predicted molar refractivity (Wildman–Crippen MR) is 215 cm³/mol. The first-order chi connectivity index (χ1) is 26.2. The number of hydrogen-bond acceptors (Lipinski definition) is 10. The number of aromatic hydroxyl groups is 1. The minimum absolute atomic E-state index is 0.00789. The van der Waals surface area contributed by atoms with Crippen LogP contribution in [0.15, 0.2) is 54.4 Å². The summed E-state index contributed by atoms with van der Waals surface area (Å²) in [4.78, 5) is 8.96. The second-order valence-corrected chi connectivity index (χ2v) is 18.1. The fraction of sp³-hybridized carbons (Fsp3) is 0.558. The van der Waals surface area contributed by atoms with Crippen LogP contribution in [-0.2, 0) is 18.6 Å². The molecule has 11 heteroatoms. The van der Waals surface area contributed by atoms with Crippen molar-refractivity contribution in [1.29, 1.82) is 0 Å². The first kappa shape index (κ1) is 39.1. The van der Waals surface area contributed by atoms with E-state index in [9.17, 15) is 25.5 Å². The van der Waals surface area contributed by atoms with E-state index in [4.69, 9.17) is 10.5 Å². The first-order valence-corrected chi connectivity index (χ1v) is 22.2. The SMILES string of the molecule is CCC1C#CC2C=C3CCc4cc(O)c(OC5CC(Cc6ccc[n-]6)c6ccnc(N)c6CSSCC(CO)C5O)cc4C3CC(O)C2C(O)CCCC1. The molecule has 7 N–H and O–H groups in total. The van der Waals surface area contributed by atoms with Gasteiger partial charge in [0.05, 0.1) is 18.3 Å². The molecule has 0 bridgehead atoms. The second-order valence-electron chi connectivity index (χ2n) is 15.6. The van der Waals surface area contributed by atoms with Crippen molar-refractivity contribution in [1.82, 2.24) is 9.97 Å². The van der Waals surface area contributed by atoms with Gasteiger partial charge in [-0.25, -0.2) is 4.98 Å². The smallest absolute Gasteiger partial charge is 0.161 e. The molecular formula is C43H54N3O6S2-. The lowest BCUT2D eigenvalue weighted by molar-refractivity contribution is -0.0196. The Hall–Kier alpha value is -3.11. The number of anilines is 1. The van der Waals surface area contributed by atoms with Gasteiger partial charge in [-0.3, -0.25) is 0 Å². The molecular weight excluding hydrogens is 719 g/mol. The molecule has 3 aliphatic carbocycles. The molecule has 10 atom stereocenters. The number of phenolic OH excluding ortho intramolecular Hbond substituents is 1. The van der Waals surface area contributed by atoms with Gasteiger partial charge in [0.2, 0.25) is 0 Å². The number of aryl methyl sites for hydroxylation is 1. The van der Waals surface area contributed by atoms with E-state index in [2.05, 4.69) is 34.8 Å². The van der Waals surface area contributed by atoms with Gasteiger partial charge < -0.3 is 41.0 Å². The quantitative estimate of drug-likeness (QED) is 0.0951. The van der Waals surface area contributed by atoms with Crippen LogP contribution in [0.25, 0.3) is 0 Å². The van der Waals surface area contributed by atoms with Crippen molar-refractivity contribution in [2.75, 3.05) is 18.1 Å². The molecule has 0 amide bonds. The topological polar surface area (TPSA) is 163 Å². The highest BCUT2D eigenvalue weighted by Gasteiger charge is 2.41. The number of allylic oxidation sites excluding steroid dienone is 2. The van der Waals surface area contributed by atoms with E-state index in [-0.39, 0.29) is 41.8 Å². The lowest BCUT2D eigenvalue weighted by Crippen LogP contribution is -2.41. The van der Waals surface area contributed by atoms with E-state index in [1.165, 1.54) is 5.57 Å². The maximum atomic E-state index is 12.0. The van der Waals surface area contributed by atoms with Gasteiger partial charge in [0.1, 0.15) is 11.9 Å². The predicted octanol–water partition coefficient (Wildman–Crippen LogP) is 6.27. The molecule has 3 aromatic rings. The number of aliphatic hydroxyl groups excluding tert-OH is 4. The summed E-state index contributed by atoms with van der Waals surface area (Å²) in [6.45, 7) is 1.95. The number of pyridine rings is 1. The molecule has 4 aliphatic rings. The van der Waals surface area contributed by atoms with E-state index >= 15 is 0 Å². The van der Waals surface area contributed by atoms with Gasteiger partial charge in [-0.1, -0.05) is 77.0 Å². The van der Waals surface area contributed by atoms with Crippen molar-refractivity contribution in [3.05, 3.63) is 82.3 Å². The molecule has 0 fully saturated rings. The zero-order valence-corrected chi connectivity index (χ0v) is 32.7. The summed E-state index contributed by atoms with van der Waals surface area (Å²) in [6.07, 6.45) is 9.99. The van der Waals surface area contributed by atoms with E-state index in [1.54, 1.807) is 40.0 Å². The summed E-state index contributed by atoms with van der Waals surface area (Å²) in [5, 5.41) is 57.2. The minimum Gasteiger partial charge on any atom is -0.668 e. The van der Waals surface area contributed by atoms with Crippen molar-refractivity contribution in [3.8, 4) is 23.3 Å². The van der Waals surface area contributed by atoms with Gasteiger partial charge in [-0.15, -0.1) is 0 Å². The highest BCUT2D eigenvalue weighted by atomic mass is 33.1. The standard InChI is InChI=1S/C43H54N3O6S2/c1-2-25-6-3-4-8-36(48)41-28(10-9-25)16-26-11-12-27-18-37(49)39(21-34(27)33(26)20-38(41)50)52-40-19-29(17-31-7-5-14-45-31)32-13-15-46-43(44)35(32)24-54-53-23-30(22-47)42(40)51/h5,7,13-16,18,21,25,28-30,33,36,38,40-42,47-51H,2-4,6,8,11-12,17,19-20,22-24H2,1H3,(H2,44,46)/q-1. The van der Waals surface area contributed by atoms with Gasteiger partial charge in [-0.05, 0) is 92.2 Å². The highest BCUT2D eigenvalue weighted by molar-refractivity contribution is 8.76. The average molecular weight is 773 g/mol. The maximum Gasteiger partial charge on any atom is 0.161 e. The fourth-order valence-corrected chi connectivity index (χ4v) is 11.6. The Kier molecular flexibility index (Phi) is 12.9.